The zero-order chi connectivity index (χ0) is 13.7. The Labute approximate surface area is 116 Å². The van der Waals surface area contributed by atoms with Crippen molar-refractivity contribution >= 4 is 11.6 Å². The Hall–Kier alpha value is -1.32. The van der Waals surface area contributed by atoms with Gasteiger partial charge < -0.3 is 10.6 Å². The molecule has 19 heavy (non-hydrogen) atoms. The summed E-state index contributed by atoms with van der Waals surface area (Å²) in [7, 11) is 0. The lowest BCUT2D eigenvalue weighted by atomic mass is 9.84. The van der Waals surface area contributed by atoms with Gasteiger partial charge in [0.05, 0.1) is 0 Å². The molecule has 1 saturated carbocycles. The Balaban J connectivity index is 1.98. The average Bonchev–Trinajstić information content (AvgIpc) is 2.44. The molecule has 0 saturated heterocycles. The van der Waals surface area contributed by atoms with Gasteiger partial charge in [0.15, 0.2) is 0 Å². The lowest BCUT2D eigenvalue weighted by Crippen LogP contribution is -2.27. The fourth-order valence-corrected chi connectivity index (χ4v) is 2.85. The second-order valence-corrected chi connectivity index (χ2v) is 5.50. The van der Waals surface area contributed by atoms with Gasteiger partial charge in [-0.3, -0.25) is 0 Å². The first-order valence-corrected chi connectivity index (χ1v) is 7.56. The highest BCUT2D eigenvalue weighted by Gasteiger charge is 2.20. The summed E-state index contributed by atoms with van der Waals surface area (Å²) in [5, 5.41) is 6.88. The molecular weight excluding hydrogens is 236 g/mol. The van der Waals surface area contributed by atoms with Crippen molar-refractivity contribution in [1.82, 2.24) is 9.97 Å². The maximum atomic E-state index is 4.39. The van der Waals surface area contributed by atoms with Crippen molar-refractivity contribution in [3.05, 3.63) is 11.9 Å². The summed E-state index contributed by atoms with van der Waals surface area (Å²) in [6.07, 6.45) is 8.18. The Bertz CT molecular complexity index is 397. The summed E-state index contributed by atoms with van der Waals surface area (Å²) in [5.41, 5.74) is 1.13. The van der Waals surface area contributed by atoms with Crippen LogP contribution in [0.4, 0.5) is 11.6 Å². The maximum absolute atomic E-state index is 4.39. The Kier molecular flexibility index (Phi) is 5.00. The fourth-order valence-electron chi connectivity index (χ4n) is 2.85. The molecule has 1 aliphatic rings. The molecule has 1 heterocycles. The molecule has 0 unspecified atom stereocenters. The minimum absolute atomic E-state index is 0.575. The second kappa shape index (κ2) is 6.73. The molecule has 0 amide bonds. The van der Waals surface area contributed by atoms with Crippen LogP contribution in [0.1, 0.15) is 51.5 Å². The average molecular weight is 262 g/mol. The van der Waals surface area contributed by atoms with Gasteiger partial charge in [-0.25, -0.2) is 9.97 Å². The highest BCUT2D eigenvalue weighted by molar-refractivity contribution is 5.56. The lowest BCUT2D eigenvalue weighted by molar-refractivity contribution is 0.330. The van der Waals surface area contributed by atoms with Crippen LogP contribution >= 0.6 is 0 Å². The lowest BCUT2D eigenvalue weighted by Gasteiger charge is -2.29. The topological polar surface area (TPSA) is 49.8 Å². The van der Waals surface area contributed by atoms with Gasteiger partial charge in [0.1, 0.15) is 18.0 Å². The molecule has 1 aliphatic carbocycles. The minimum Gasteiger partial charge on any atom is -0.370 e. The third-order valence-electron chi connectivity index (χ3n) is 4.19. The number of aromatic nitrogens is 2. The van der Waals surface area contributed by atoms with Crippen LogP contribution in [0.15, 0.2) is 6.33 Å². The molecule has 0 bridgehead atoms. The van der Waals surface area contributed by atoms with Crippen molar-refractivity contribution in [2.24, 2.45) is 5.92 Å². The van der Waals surface area contributed by atoms with Gasteiger partial charge in [0, 0.05) is 18.2 Å². The fraction of sp³-hybridized carbons (Fsp3) is 0.733. The first kappa shape index (κ1) is 14.1. The number of rotatable bonds is 5. The summed E-state index contributed by atoms with van der Waals surface area (Å²) in [6.45, 7) is 7.35. The standard InChI is InChI=1S/C15H26N4/c1-4-12-6-8-13(9-7-12)19-15-11(3)14(16-5-2)17-10-18-15/h10,12-13H,4-9H2,1-3H3,(H2,16,17,18,19). The van der Waals surface area contributed by atoms with Crippen LogP contribution < -0.4 is 10.6 Å². The smallest absolute Gasteiger partial charge is 0.134 e. The predicted octanol–water partition coefficient (Wildman–Crippen LogP) is 3.60. The number of hydrogen-bond acceptors (Lipinski definition) is 4. The number of nitrogens with one attached hydrogen (secondary N) is 2. The molecule has 4 heteroatoms. The molecule has 1 aromatic heterocycles. The molecular formula is C15H26N4. The summed E-state index contributed by atoms with van der Waals surface area (Å²) < 4.78 is 0. The van der Waals surface area contributed by atoms with Gasteiger partial charge in [0.25, 0.3) is 0 Å². The molecule has 2 N–H and O–H groups in total. The van der Waals surface area contributed by atoms with Crippen LogP contribution in [0.25, 0.3) is 0 Å². The molecule has 0 aromatic carbocycles. The van der Waals surface area contributed by atoms with E-state index >= 15 is 0 Å². The van der Waals surface area contributed by atoms with Crippen LogP contribution in [0.5, 0.6) is 0 Å². The van der Waals surface area contributed by atoms with Crippen LogP contribution in [0, 0.1) is 12.8 Å². The SMILES string of the molecule is CCNc1ncnc(NC2CCC(CC)CC2)c1C. The highest BCUT2D eigenvalue weighted by atomic mass is 15.1. The van der Waals surface area contributed by atoms with Crippen LogP contribution in [0.2, 0.25) is 0 Å². The monoisotopic (exact) mass is 262 g/mol. The molecule has 1 fully saturated rings. The molecule has 0 radical (unpaired) electrons. The second-order valence-electron chi connectivity index (χ2n) is 5.50. The van der Waals surface area contributed by atoms with E-state index in [2.05, 4.69) is 41.4 Å². The maximum Gasteiger partial charge on any atom is 0.134 e. The molecule has 0 atom stereocenters. The molecule has 0 spiro atoms. The largest absolute Gasteiger partial charge is 0.370 e. The van der Waals surface area contributed by atoms with E-state index in [1.54, 1.807) is 6.33 Å². The van der Waals surface area contributed by atoms with Crippen molar-refractivity contribution in [3.63, 3.8) is 0 Å². The number of anilines is 2. The van der Waals surface area contributed by atoms with Gasteiger partial charge in [-0.15, -0.1) is 0 Å². The van der Waals surface area contributed by atoms with Gasteiger partial charge in [-0.1, -0.05) is 13.3 Å². The molecule has 0 aliphatic heterocycles. The van der Waals surface area contributed by atoms with Crippen molar-refractivity contribution in [3.8, 4) is 0 Å². The quantitative estimate of drug-likeness (QED) is 0.851. The van der Waals surface area contributed by atoms with E-state index in [-0.39, 0.29) is 0 Å². The summed E-state index contributed by atoms with van der Waals surface area (Å²) in [4.78, 5) is 8.68. The van der Waals surface area contributed by atoms with Gasteiger partial charge in [-0.2, -0.15) is 0 Å². The highest BCUT2D eigenvalue weighted by Crippen LogP contribution is 2.29. The molecule has 2 rings (SSSR count). The Morgan fingerprint density at radius 1 is 1.11 bits per heavy atom. The van der Waals surface area contributed by atoms with E-state index in [9.17, 15) is 0 Å². The summed E-state index contributed by atoms with van der Waals surface area (Å²) in [5.74, 6) is 2.87. The molecule has 1 aromatic rings. The van der Waals surface area contributed by atoms with E-state index in [0.29, 0.717) is 6.04 Å². The van der Waals surface area contributed by atoms with E-state index in [1.165, 1.54) is 32.1 Å². The normalized spacial score (nSPS) is 23.1. The summed E-state index contributed by atoms with van der Waals surface area (Å²) in [6, 6.07) is 0.575. The van der Waals surface area contributed by atoms with Crippen molar-refractivity contribution in [2.45, 2.75) is 58.9 Å². The predicted molar refractivity (Wildman–Crippen MR) is 80.6 cm³/mol. The summed E-state index contributed by atoms with van der Waals surface area (Å²) >= 11 is 0. The molecule has 4 nitrogen and oxygen atoms in total. The van der Waals surface area contributed by atoms with Crippen LogP contribution in [0.3, 0.4) is 0 Å². The third kappa shape index (κ3) is 3.58. The van der Waals surface area contributed by atoms with E-state index < -0.39 is 0 Å². The van der Waals surface area contributed by atoms with Gasteiger partial charge >= 0.3 is 0 Å². The Morgan fingerprint density at radius 3 is 2.42 bits per heavy atom. The first-order chi connectivity index (χ1) is 9.24. The van der Waals surface area contributed by atoms with Gasteiger partial charge in [0.2, 0.25) is 0 Å². The van der Waals surface area contributed by atoms with E-state index in [0.717, 1.165) is 29.7 Å². The van der Waals surface area contributed by atoms with E-state index in [1.807, 2.05) is 0 Å². The number of nitrogens with zero attached hydrogens (tertiary/aromatic N) is 2. The van der Waals surface area contributed by atoms with Crippen molar-refractivity contribution in [2.75, 3.05) is 17.2 Å². The van der Waals surface area contributed by atoms with E-state index in [4.69, 9.17) is 0 Å². The van der Waals surface area contributed by atoms with Crippen LogP contribution in [-0.4, -0.2) is 22.6 Å². The first-order valence-electron chi connectivity index (χ1n) is 7.56. The van der Waals surface area contributed by atoms with Crippen molar-refractivity contribution < 1.29 is 0 Å². The van der Waals surface area contributed by atoms with Crippen molar-refractivity contribution in [1.29, 1.82) is 0 Å². The Morgan fingerprint density at radius 2 is 1.79 bits per heavy atom. The van der Waals surface area contributed by atoms with Crippen LogP contribution in [-0.2, 0) is 0 Å². The number of hydrogen-bond donors (Lipinski definition) is 2. The zero-order valence-electron chi connectivity index (χ0n) is 12.4. The zero-order valence-corrected chi connectivity index (χ0v) is 12.4. The van der Waals surface area contributed by atoms with Gasteiger partial charge in [-0.05, 0) is 45.4 Å². The third-order valence-corrected chi connectivity index (χ3v) is 4.19. The molecule has 106 valence electrons. The minimum atomic E-state index is 0.575.